The number of rotatable bonds is 6. The van der Waals surface area contributed by atoms with E-state index in [2.05, 4.69) is 17.2 Å². The van der Waals surface area contributed by atoms with Crippen LogP contribution in [0.25, 0.3) is 11.3 Å². The number of hydrogen-bond acceptors (Lipinski definition) is 5. The zero-order valence-electron chi connectivity index (χ0n) is 17.5. The number of aryl methyl sites for hydroxylation is 1. The Morgan fingerprint density at radius 1 is 1.28 bits per heavy atom. The van der Waals surface area contributed by atoms with Gasteiger partial charge in [0, 0.05) is 10.9 Å². The average Bonchev–Trinajstić information content (AvgIpc) is 3.23. The third-order valence-electron chi connectivity index (χ3n) is 5.01. The van der Waals surface area contributed by atoms with Gasteiger partial charge in [0.25, 0.3) is 5.91 Å². The van der Waals surface area contributed by atoms with Gasteiger partial charge in [0.1, 0.15) is 12.3 Å². The van der Waals surface area contributed by atoms with Gasteiger partial charge in [-0.15, -0.1) is 11.3 Å². The molecule has 0 radical (unpaired) electrons. The zero-order chi connectivity index (χ0) is 22.8. The van der Waals surface area contributed by atoms with Crippen LogP contribution in [0.3, 0.4) is 0 Å². The molecule has 1 aliphatic rings. The number of aromatic nitrogens is 1. The van der Waals surface area contributed by atoms with E-state index in [-0.39, 0.29) is 17.5 Å². The molecule has 1 atom stereocenters. The van der Waals surface area contributed by atoms with Crippen molar-refractivity contribution in [3.05, 3.63) is 56.8 Å². The molecule has 9 heteroatoms. The van der Waals surface area contributed by atoms with Gasteiger partial charge in [0.05, 0.1) is 32.1 Å². The Labute approximate surface area is 200 Å². The summed E-state index contributed by atoms with van der Waals surface area (Å²) in [4.78, 5) is 31.8. The van der Waals surface area contributed by atoms with Gasteiger partial charge in [-0.1, -0.05) is 36.2 Å². The molecule has 2 heterocycles. The highest BCUT2D eigenvalue weighted by Gasteiger charge is 2.33. The standard InChI is InChI=1S/C23H21Cl2N3O3S/c1-3-5-21-27-17(12-32-21)14-8-9-19-18(10-14)28(23(30)13(2)31-19)11-20(29)26-16-7-4-6-15(24)22(16)25/h4,6-10,12-13H,3,5,11H2,1-2H3,(H,26,29). The second-order valence-corrected chi connectivity index (χ2v) is 9.12. The summed E-state index contributed by atoms with van der Waals surface area (Å²) < 4.78 is 5.76. The lowest BCUT2D eigenvalue weighted by Gasteiger charge is -2.33. The van der Waals surface area contributed by atoms with E-state index in [1.807, 2.05) is 23.6 Å². The number of carbonyl (C=O) groups excluding carboxylic acids is 2. The van der Waals surface area contributed by atoms with Crippen molar-refractivity contribution in [1.29, 1.82) is 0 Å². The second kappa shape index (κ2) is 9.48. The van der Waals surface area contributed by atoms with Gasteiger partial charge in [0.2, 0.25) is 5.91 Å². The van der Waals surface area contributed by atoms with E-state index in [9.17, 15) is 9.59 Å². The molecule has 1 N–H and O–H groups in total. The molecule has 4 rings (SSSR count). The molecule has 3 aromatic rings. The Bertz CT molecular complexity index is 1180. The quantitative estimate of drug-likeness (QED) is 0.473. The molecule has 0 fully saturated rings. The van der Waals surface area contributed by atoms with Crippen molar-refractivity contribution in [2.24, 2.45) is 0 Å². The number of nitrogens with zero attached hydrogens (tertiary/aromatic N) is 2. The average molecular weight is 490 g/mol. The number of carbonyl (C=O) groups is 2. The Morgan fingerprint density at radius 2 is 2.09 bits per heavy atom. The van der Waals surface area contributed by atoms with Gasteiger partial charge in [0.15, 0.2) is 6.10 Å². The minimum atomic E-state index is -0.702. The Morgan fingerprint density at radius 3 is 2.88 bits per heavy atom. The van der Waals surface area contributed by atoms with E-state index in [1.165, 1.54) is 4.90 Å². The summed E-state index contributed by atoms with van der Waals surface area (Å²) in [5, 5.41) is 6.37. The summed E-state index contributed by atoms with van der Waals surface area (Å²) in [6.45, 7) is 3.59. The normalized spacial score (nSPS) is 15.3. The molecule has 2 amide bonds. The predicted octanol–water partition coefficient (Wildman–Crippen LogP) is 5.82. The molecule has 0 aliphatic carbocycles. The maximum absolute atomic E-state index is 12.9. The molecule has 0 saturated carbocycles. The van der Waals surface area contributed by atoms with Crippen LogP contribution < -0.4 is 15.0 Å². The fourth-order valence-electron chi connectivity index (χ4n) is 3.44. The molecule has 1 aromatic heterocycles. The summed E-state index contributed by atoms with van der Waals surface area (Å²) >= 11 is 13.8. The summed E-state index contributed by atoms with van der Waals surface area (Å²) in [5.74, 6) is -0.155. The van der Waals surface area contributed by atoms with E-state index >= 15 is 0 Å². The van der Waals surface area contributed by atoms with Gasteiger partial charge in [-0.3, -0.25) is 14.5 Å². The summed E-state index contributed by atoms with van der Waals surface area (Å²) in [6.07, 6.45) is 1.25. The minimum absolute atomic E-state index is 0.190. The fraction of sp³-hybridized carbons (Fsp3) is 0.261. The topological polar surface area (TPSA) is 71.5 Å². The zero-order valence-corrected chi connectivity index (χ0v) is 19.9. The molecule has 0 bridgehead atoms. The lowest BCUT2D eigenvalue weighted by atomic mass is 10.1. The lowest BCUT2D eigenvalue weighted by molar-refractivity contribution is -0.127. The van der Waals surface area contributed by atoms with Crippen LogP contribution in [0.4, 0.5) is 11.4 Å². The number of nitrogens with one attached hydrogen (secondary N) is 1. The molecule has 0 saturated heterocycles. The van der Waals surface area contributed by atoms with Crippen LogP contribution in [0.2, 0.25) is 10.0 Å². The van der Waals surface area contributed by atoms with Crippen LogP contribution in [0.15, 0.2) is 41.8 Å². The lowest BCUT2D eigenvalue weighted by Crippen LogP contribution is -2.47. The van der Waals surface area contributed by atoms with Crippen molar-refractivity contribution in [2.75, 3.05) is 16.8 Å². The van der Waals surface area contributed by atoms with E-state index in [4.69, 9.17) is 27.9 Å². The Kier molecular flexibility index (Phi) is 6.69. The van der Waals surface area contributed by atoms with Crippen LogP contribution in [-0.4, -0.2) is 29.4 Å². The molecule has 32 heavy (non-hydrogen) atoms. The van der Waals surface area contributed by atoms with Crippen LogP contribution in [-0.2, 0) is 16.0 Å². The fourth-order valence-corrected chi connectivity index (χ4v) is 4.69. The van der Waals surface area contributed by atoms with E-state index in [1.54, 1.807) is 36.5 Å². The number of benzene rings is 2. The number of amides is 2. The Hall–Kier alpha value is -2.61. The Balaban J connectivity index is 1.61. The predicted molar refractivity (Wildman–Crippen MR) is 129 cm³/mol. The second-order valence-electron chi connectivity index (χ2n) is 7.39. The van der Waals surface area contributed by atoms with Crippen molar-refractivity contribution in [3.63, 3.8) is 0 Å². The number of thiazole rings is 1. The van der Waals surface area contributed by atoms with Gasteiger partial charge < -0.3 is 10.1 Å². The van der Waals surface area contributed by atoms with Crippen molar-refractivity contribution in [1.82, 2.24) is 4.98 Å². The first-order valence-electron chi connectivity index (χ1n) is 10.2. The SMILES string of the molecule is CCCc1nc(-c2ccc3c(c2)N(CC(=O)Nc2cccc(Cl)c2Cl)C(=O)C(C)O3)cs1. The van der Waals surface area contributed by atoms with Crippen molar-refractivity contribution < 1.29 is 14.3 Å². The number of halogens is 2. The van der Waals surface area contributed by atoms with Crippen LogP contribution >= 0.6 is 34.5 Å². The highest BCUT2D eigenvalue weighted by molar-refractivity contribution is 7.09. The third kappa shape index (κ3) is 4.60. The largest absolute Gasteiger partial charge is 0.479 e. The van der Waals surface area contributed by atoms with Gasteiger partial charge >= 0.3 is 0 Å². The smallest absolute Gasteiger partial charge is 0.268 e. The van der Waals surface area contributed by atoms with Crippen LogP contribution in [0, 0.1) is 0 Å². The maximum atomic E-state index is 12.9. The first kappa shape index (κ1) is 22.6. The first-order valence-corrected chi connectivity index (χ1v) is 11.8. The van der Waals surface area contributed by atoms with E-state index in [0.717, 1.165) is 29.1 Å². The van der Waals surface area contributed by atoms with Crippen LogP contribution in [0.1, 0.15) is 25.3 Å². The van der Waals surface area contributed by atoms with Crippen LogP contribution in [0.5, 0.6) is 5.75 Å². The van der Waals surface area contributed by atoms with Gasteiger partial charge in [-0.25, -0.2) is 4.98 Å². The van der Waals surface area contributed by atoms with E-state index < -0.39 is 12.0 Å². The van der Waals surface area contributed by atoms with Crippen molar-refractivity contribution >= 4 is 57.7 Å². The molecule has 2 aromatic carbocycles. The molecule has 1 aliphatic heterocycles. The molecule has 1 unspecified atom stereocenters. The molecular formula is C23H21Cl2N3O3S. The molecule has 166 valence electrons. The monoisotopic (exact) mass is 489 g/mol. The molecular weight excluding hydrogens is 469 g/mol. The molecule has 0 spiro atoms. The number of fused-ring (bicyclic) bond motifs is 1. The van der Waals surface area contributed by atoms with Crippen molar-refractivity contribution in [2.45, 2.75) is 32.8 Å². The maximum Gasteiger partial charge on any atom is 0.268 e. The summed E-state index contributed by atoms with van der Waals surface area (Å²) in [6, 6.07) is 10.5. The molecule has 6 nitrogen and oxygen atoms in total. The number of anilines is 2. The summed E-state index contributed by atoms with van der Waals surface area (Å²) in [7, 11) is 0. The van der Waals surface area contributed by atoms with Crippen molar-refractivity contribution in [3.8, 4) is 17.0 Å². The highest BCUT2D eigenvalue weighted by atomic mass is 35.5. The number of hydrogen-bond donors (Lipinski definition) is 1. The van der Waals surface area contributed by atoms with Gasteiger partial charge in [-0.05, 0) is 50.1 Å². The minimum Gasteiger partial charge on any atom is -0.479 e. The van der Waals surface area contributed by atoms with Gasteiger partial charge in [-0.2, -0.15) is 0 Å². The highest BCUT2D eigenvalue weighted by Crippen LogP contribution is 2.38. The number of ether oxygens (including phenoxy) is 1. The summed E-state index contributed by atoms with van der Waals surface area (Å²) in [5.41, 5.74) is 2.61. The third-order valence-corrected chi connectivity index (χ3v) is 6.73. The first-order chi connectivity index (χ1) is 15.4. The van der Waals surface area contributed by atoms with E-state index in [0.29, 0.717) is 22.1 Å².